The van der Waals surface area contributed by atoms with Gasteiger partial charge in [-0.3, -0.25) is 9.59 Å². The molecule has 1 saturated heterocycles. The molecule has 2 amide bonds. The Kier molecular flexibility index (Phi) is 6.52. The van der Waals surface area contributed by atoms with Crippen molar-refractivity contribution in [1.82, 2.24) is 10.7 Å². The normalized spacial score (nSPS) is 18.0. The summed E-state index contributed by atoms with van der Waals surface area (Å²) < 4.78 is 0. The summed E-state index contributed by atoms with van der Waals surface area (Å²) in [5, 5.41) is 17.6. The van der Waals surface area contributed by atoms with Gasteiger partial charge in [-0.2, -0.15) is 5.10 Å². The van der Waals surface area contributed by atoms with Crippen molar-refractivity contribution >= 4 is 29.6 Å². The van der Waals surface area contributed by atoms with Crippen LogP contribution in [0.25, 0.3) is 0 Å². The van der Waals surface area contributed by atoms with Gasteiger partial charge in [0.25, 0.3) is 5.91 Å². The predicted octanol–water partition coefficient (Wildman–Crippen LogP) is 3.62. The second kappa shape index (κ2) is 9.66. The highest BCUT2D eigenvalue weighted by Crippen LogP contribution is 2.29. The van der Waals surface area contributed by atoms with Crippen molar-refractivity contribution in [2.24, 2.45) is 11.0 Å². The van der Waals surface area contributed by atoms with E-state index in [4.69, 9.17) is 11.6 Å². The van der Waals surface area contributed by atoms with Crippen LogP contribution in [0.2, 0.25) is 5.02 Å². The predicted molar refractivity (Wildman–Crippen MR) is 124 cm³/mol. The topological polar surface area (TPSA) is 90.8 Å². The van der Waals surface area contributed by atoms with E-state index in [2.05, 4.69) is 15.8 Å². The number of carbonyl (C=O) groups is 2. The van der Waals surface area contributed by atoms with E-state index in [1.54, 1.807) is 12.1 Å². The summed E-state index contributed by atoms with van der Waals surface area (Å²) >= 11 is 6.24. The monoisotopic (exact) mass is 447 g/mol. The Morgan fingerprint density at radius 3 is 2.66 bits per heavy atom. The number of hydrogen-bond acceptors (Lipinski definition) is 4. The lowest BCUT2D eigenvalue weighted by Gasteiger charge is -2.15. The summed E-state index contributed by atoms with van der Waals surface area (Å²) in [5.41, 5.74) is 5.71. The smallest absolute Gasteiger partial charge is 0.253 e. The molecule has 0 unspecified atom stereocenters. The number of amides is 2. The first-order chi connectivity index (χ1) is 15.5. The maximum atomic E-state index is 12.7. The maximum absolute atomic E-state index is 12.7. The number of benzene rings is 3. The molecule has 3 aromatic carbocycles. The third-order valence-electron chi connectivity index (χ3n) is 5.51. The van der Waals surface area contributed by atoms with Crippen molar-refractivity contribution < 1.29 is 14.7 Å². The first kappa shape index (κ1) is 21.6. The van der Waals surface area contributed by atoms with Crippen LogP contribution in [-0.2, 0) is 16.0 Å². The lowest BCUT2D eigenvalue weighted by molar-refractivity contribution is -0.133. The Morgan fingerprint density at radius 2 is 1.88 bits per heavy atom. The van der Waals surface area contributed by atoms with E-state index in [1.165, 1.54) is 6.21 Å². The summed E-state index contributed by atoms with van der Waals surface area (Å²) in [6.07, 6.45) is 1.96. The van der Waals surface area contributed by atoms with Crippen LogP contribution in [0.1, 0.15) is 28.2 Å². The molecule has 1 fully saturated rings. The van der Waals surface area contributed by atoms with Gasteiger partial charge in [0.2, 0.25) is 5.91 Å². The van der Waals surface area contributed by atoms with Gasteiger partial charge >= 0.3 is 0 Å². The maximum Gasteiger partial charge on any atom is 0.253 e. The third-order valence-corrected chi connectivity index (χ3v) is 5.88. The average Bonchev–Trinajstić information content (AvgIpc) is 3.19. The van der Waals surface area contributed by atoms with Crippen LogP contribution in [-0.4, -0.2) is 29.7 Å². The van der Waals surface area contributed by atoms with Gasteiger partial charge in [-0.05, 0) is 41.3 Å². The summed E-state index contributed by atoms with van der Waals surface area (Å²) in [5.74, 6) is -1.90. The minimum atomic E-state index is -0.866. The zero-order valence-electron chi connectivity index (χ0n) is 17.2. The summed E-state index contributed by atoms with van der Waals surface area (Å²) in [4.78, 5) is 25.0. The molecule has 1 aliphatic rings. The van der Waals surface area contributed by atoms with Crippen LogP contribution in [0.15, 0.2) is 77.9 Å². The Labute approximate surface area is 190 Å². The van der Waals surface area contributed by atoms with Crippen LogP contribution in [0.5, 0.6) is 5.75 Å². The van der Waals surface area contributed by atoms with Crippen molar-refractivity contribution in [3.8, 4) is 5.75 Å². The SMILES string of the molecule is O=C1NC[C@@H](c2ccccc2)[C@@H]1C(=O)N/N=C/c1cc(Cc2ccccc2Cl)ccc1O. The molecule has 0 spiro atoms. The first-order valence-electron chi connectivity index (χ1n) is 10.2. The molecule has 0 aromatic heterocycles. The van der Waals surface area contributed by atoms with E-state index in [1.807, 2.05) is 60.7 Å². The number of halogens is 1. The zero-order chi connectivity index (χ0) is 22.5. The number of hydrazone groups is 1. The summed E-state index contributed by atoms with van der Waals surface area (Å²) in [6, 6.07) is 22.2. The average molecular weight is 448 g/mol. The fourth-order valence-corrected chi connectivity index (χ4v) is 4.05. The summed E-state index contributed by atoms with van der Waals surface area (Å²) in [7, 11) is 0. The second-order valence-corrected chi connectivity index (χ2v) is 8.04. The lowest BCUT2D eigenvalue weighted by Crippen LogP contribution is -2.34. The highest BCUT2D eigenvalue weighted by Gasteiger charge is 2.40. The van der Waals surface area contributed by atoms with Crippen molar-refractivity contribution in [2.45, 2.75) is 12.3 Å². The molecular formula is C25H22ClN3O3. The number of phenolic OH excluding ortho intramolecular Hbond substituents is 1. The summed E-state index contributed by atoms with van der Waals surface area (Å²) in [6.45, 7) is 0.398. The molecule has 162 valence electrons. The van der Waals surface area contributed by atoms with E-state index < -0.39 is 11.8 Å². The second-order valence-electron chi connectivity index (χ2n) is 7.64. The Morgan fingerprint density at radius 1 is 1.12 bits per heavy atom. The van der Waals surface area contributed by atoms with Gasteiger partial charge in [0.05, 0.1) is 6.21 Å². The van der Waals surface area contributed by atoms with Gasteiger partial charge in [0, 0.05) is 23.0 Å². The zero-order valence-corrected chi connectivity index (χ0v) is 17.9. The van der Waals surface area contributed by atoms with Gasteiger partial charge < -0.3 is 10.4 Å². The molecule has 3 aromatic rings. The molecule has 1 heterocycles. The molecule has 0 bridgehead atoms. The van der Waals surface area contributed by atoms with Gasteiger partial charge in [-0.1, -0.05) is 66.2 Å². The molecule has 1 aliphatic heterocycles. The van der Waals surface area contributed by atoms with E-state index in [0.717, 1.165) is 16.7 Å². The minimum Gasteiger partial charge on any atom is -0.507 e. The molecule has 6 nitrogen and oxygen atoms in total. The molecular weight excluding hydrogens is 426 g/mol. The van der Waals surface area contributed by atoms with Gasteiger partial charge in [-0.15, -0.1) is 0 Å². The number of nitrogens with one attached hydrogen (secondary N) is 2. The van der Waals surface area contributed by atoms with Crippen molar-refractivity contribution in [2.75, 3.05) is 6.54 Å². The van der Waals surface area contributed by atoms with E-state index >= 15 is 0 Å². The highest BCUT2D eigenvalue weighted by molar-refractivity contribution is 6.31. The van der Waals surface area contributed by atoms with E-state index in [0.29, 0.717) is 23.6 Å². The van der Waals surface area contributed by atoms with Gasteiger partial charge in [0.1, 0.15) is 11.7 Å². The van der Waals surface area contributed by atoms with Crippen molar-refractivity contribution in [1.29, 1.82) is 0 Å². The van der Waals surface area contributed by atoms with Crippen LogP contribution in [0.4, 0.5) is 0 Å². The van der Waals surface area contributed by atoms with Crippen LogP contribution >= 0.6 is 11.6 Å². The number of nitrogens with zero attached hydrogens (tertiary/aromatic N) is 1. The lowest BCUT2D eigenvalue weighted by atomic mass is 9.88. The van der Waals surface area contributed by atoms with E-state index in [9.17, 15) is 14.7 Å². The third kappa shape index (κ3) is 4.81. The molecule has 0 saturated carbocycles. The van der Waals surface area contributed by atoms with Crippen LogP contribution in [0.3, 0.4) is 0 Å². The highest BCUT2D eigenvalue weighted by atomic mass is 35.5. The number of rotatable bonds is 6. The van der Waals surface area contributed by atoms with Crippen molar-refractivity contribution in [3.05, 3.63) is 100 Å². The molecule has 32 heavy (non-hydrogen) atoms. The molecule has 0 aliphatic carbocycles. The number of hydrogen-bond donors (Lipinski definition) is 3. The van der Waals surface area contributed by atoms with Gasteiger partial charge in [-0.25, -0.2) is 5.43 Å². The van der Waals surface area contributed by atoms with Crippen LogP contribution < -0.4 is 10.7 Å². The molecule has 7 heteroatoms. The molecule has 0 radical (unpaired) electrons. The number of phenols is 1. The fourth-order valence-electron chi connectivity index (χ4n) is 3.85. The fraction of sp³-hybridized carbons (Fsp3) is 0.160. The Hall–Kier alpha value is -3.64. The van der Waals surface area contributed by atoms with Gasteiger partial charge in [0.15, 0.2) is 0 Å². The van der Waals surface area contributed by atoms with Crippen LogP contribution in [0, 0.1) is 5.92 Å². The molecule has 4 rings (SSSR count). The Bertz CT molecular complexity index is 1160. The first-order valence-corrected chi connectivity index (χ1v) is 10.6. The standard InChI is InChI=1S/C25H22ClN3O3/c26-21-9-5-4-8-18(21)12-16-10-11-22(30)19(13-16)14-28-29-25(32)23-20(15-27-24(23)31)17-6-2-1-3-7-17/h1-11,13-14,20,23,30H,12,15H2,(H,27,31)(H,29,32)/b28-14+/t20-,23-/m0/s1. The minimum absolute atomic E-state index is 0.0340. The van der Waals surface area contributed by atoms with Crippen molar-refractivity contribution in [3.63, 3.8) is 0 Å². The largest absolute Gasteiger partial charge is 0.507 e. The molecule has 3 N–H and O–H groups in total. The Balaban J connectivity index is 1.46. The number of aromatic hydroxyl groups is 1. The quantitative estimate of drug-likeness (QED) is 0.306. The molecule has 2 atom stereocenters. The number of carbonyl (C=O) groups excluding carboxylic acids is 2. The van der Waals surface area contributed by atoms with E-state index in [-0.39, 0.29) is 17.6 Å².